The van der Waals surface area contributed by atoms with E-state index in [0.717, 1.165) is 16.7 Å². The molecule has 3 aromatic carbocycles. The van der Waals surface area contributed by atoms with Crippen molar-refractivity contribution in [1.29, 1.82) is 0 Å². The molecule has 0 aliphatic heterocycles. The van der Waals surface area contributed by atoms with Crippen molar-refractivity contribution in [2.75, 3.05) is 0 Å². The highest BCUT2D eigenvalue weighted by molar-refractivity contribution is 6.01. The summed E-state index contributed by atoms with van der Waals surface area (Å²) >= 11 is 0. The fraction of sp³-hybridized carbons (Fsp3) is 0.0952. The van der Waals surface area contributed by atoms with Gasteiger partial charge in [0, 0.05) is 6.42 Å². The van der Waals surface area contributed by atoms with Crippen molar-refractivity contribution in [2.45, 2.75) is 12.0 Å². The lowest BCUT2D eigenvalue weighted by Crippen LogP contribution is -2.31. The number of oxime groups is 1. The number of hydrogen-bond acceptors (Lipinski definition) is 3. The van der Waals surface area contributed by atoms with Crippen molar-refractivity contribution in [1.82, 2.24) is 0 Å². The summed E-state index contributed by atoms with van der Waals surface area (Å²) in [5.74, 6) is 0. The van der Waals surface area contributed by atoms with E-state index >= 15 is 0 Å². The first-order valence-electron chi connectivity index (χ1n) is 7.84. The molecule has 0 saturated heterocycles. The van der Waals surface area contributed by atoms with Crippen molar-refractivity contribution >= 4 is 5.71 Å². The van der Waals surface area contributed by atoms with Crippen LogP contribution in [0.5, 0.6) is 0 Å². The smallest absolute Gasteiger partial charge is 0.120 e. The Balaban J connectivity index is 2.06. The number of rotatable bonds is 5. The Bertz CT molecular complexity index is 760. The standard InChI is InChI=1S/C21H19NO2/c23-21(18-12-6-2-7-13-18,19-14-8-3-9-15-19)16-20(22-24)17-10-4-1-5-11-17/h1-15,23-24H,16H2. The molecule has 0 heterocycles. The summed E-state index contributed by atoms with van der Waals surface area (Å²) in [4.78, 5) is 0. The average molecular weight is 317 g/mol. The molecule has 3 rings (SSSR count). The summed E-state index contributed by atoms with van der Waals surface area (Å²) < 4.78 is 0. The zero-order valence-electron chi connectivity index (χ0n) is 13.2. The van der Waals surface area contributed by atoms with Gasteiger partial charge in [-0.05, 0) is 16.7 Å². The van der Waals surface area contributed by atoms with E-state index in [1.807, 2.05) is 91.0 Å². The Hall–Kier alpha value is -2.91. The molecule has 0 amide bonds. The van der Waals surface area contributed by atoms with E-state index in [9.17, 15) is 10.3 Å². The van der Waals surface area contributed by atoms with E-state index in [2.05, 4.69) is 5.16 Å². The van der Waals surface area contributed by atoms with Crippen LogP contribution in [0, 0.1) is 0 Å². The predicted molar refractivity (Wildman–Crippen MR) is 95.3 cm³/mol. The highest BCUT2D eigenvalue weighted by atomic mass is 16.4. The SMILES string of the molecule is ON=C(CC(O)(c1ccccc1)c1ccccc1)c1ccccc1. The van der Waals surface area contributed by atoms with Crippen LogP contribution in [0.25, 0.3) is 0 Å². The van der Waals surface area contributed by atoms with Gasteiger partial charge in [0.25, 0.3) is 0 Å². The minimum absolute atomic E-state index is 0.168. The second-order valence-corrected chi connectivity index (χ2v) is 5.68. The molecule has 0 saturated carbocycles. The van der Waals surface area contributed by atoms with Crippen molar-refractivity contribution < 1.29 is 10.3 Å². The van der Waals surface area contributed by atoms with Crippen LogP contribution < -0.4 is 0 Å². The molecule has 3 nitrogen and oxygen atoms in total. The molecule has 3 heteroatoms. The van der Waals surface area contributed by atoms with E-state index in [4.69, 9.17) is 0 Å². The fourth-order valence-electron chi connectivity index (χ4n) is 2.87. The van der Waals surface area contributed by atoms with Gasteiger partial charge in [0.15, 0.2) is 0 Å². The first-order chi connectivity index (χ1) is 11.7. The lowest BCUT2D eigenvalue weighted by Gasteiger charge is -2.29. The van der Waals surface area contributed by atoms with Crippen LogP contribution in [0.15, 0.2) is 96.2 Å². The topological polar surface area (TPSA) is 52.8 Å². The molecule has 0 aliphatic carbocycles. The van der Waals surface area contributed by atoms with Crippen LogP contribution in [0.1, 0.15) is 23.1 Å². The minimum Gasteiger partial charge on any atom is -0.411 e. The van der Waals surface area contributed by atoms with Crippen LogP contribution in [-0.4, -0.2) is 16.0 Å². The van der Waals surface area contributed by atoms with Gasteiger partial charge in [-0.25, -0.2) is 0 Å². The molecule has 0 unspecified atom stereocenters. The minimum atomic E-state index is -1.28. The van der Waals surface area contributed by atoms with Gasteiger partial charge < -0.3 is 10.3 Å². The first-order valence-corrected chi connectivity index (χ1v) is 7.84. The lowest BCUT2D eigenvalue weighted by atomic mass is 9.81. The molecule has 0 radical (unpaired) electrons. The molecule has 3 aromatic rings. The average Bonchev–Trinajstić information content (AvgIpc) is 2.68. The number of aliphatic hydroxyl groups is 1. The highest BCUT2D eigenvalue weighted by Crippen LogP contribution is 2.34. The van der Waals surface area contributed by atoms with Gasteiger partial charge in [0.2, 0.25) is 0 Å². The summed E-state index contributed by atoms with van der Waals surface area (Å²) in [6, 6.07) is 28.3. The van der Waals surface area contributed by atoms with Crippen molar-refractivity contribution in [2.24, 2.45) is 5.16 Å². The molecule has 0 atom stereocenters. The van der Waals surface area contributed by atoms with Gasteiger partial charge in [-0.3, -0.25) is 0 Å². The Labute approximate surface area is 141 Å². The predicted octanol–water partition coefficient (Wildman–Crippen LogP) is 4.19. The molecular formula is C21H19NO2. The van der Waals surface area contributed by atoms with E-state index in [1.165, 1.54) is 0 Å². The van der Waals surface area contributed by atoms with E-state index in [0.29, 0.717) is 5.71 Å². The Kier molecular flexibility index (Phi) is 4.73. The van der Waals surface area contributed by atoms with Gasteiger partial charge >= 0.3 is 0 Å². The van der Waals surface area contributed by atoms with Crippen LogP contribution in [0.3, 0.4) is 0 Å². The Morgan fingerprint density at radius 3 is 1.54 bits per heavy atom. The molecule has 0 bridgehead atoms. The molecular weight excluding hydrogens is 298 g/mol. The van der Waals surface area contributed by atoms with E-state index in [1.54, 1.807) is 0 Å². The van der Waals surface area contributed by atoms with Gasteiger partial charge in [-0.1, -0.05) is 96.2 Å². The maximum absolute atomic E-state index is 11.5. The first kappa shape index (κ1) is 16.0. The second kappa shape index (κ2) is 7.11. The van der Waals surface area contributed by atoms with E-state index in [-0.39, 0.29) is 6.42 Å². The monoisotopic (exact) mass is 317 g/mol. The van der Waals surface area contributed by atoms with Crippen molar-refractivity contribution in [3.05, 3.63) is 108 Å². The maximum Gasteiger partial charge on any atom is 0.120 e. The van der Waals surface area contributed by atoms with Crippen LogP contribution >= 0.6 is 0 Å². The molecule has 120 valence electrons. The van der Waals surface area contributed by atoms with Gasteiger partial charge in [-0.2, -0.15) is 0 Å². The second-order valence-electron chi connectivity index (χ2n) is 5.68. The Morgan fingerprint density at radius 1 is 0.708 bits per heavy atom. The zero-order valence-corrected chi connectivity index (χ0v) is 13.2. The van der Waals surface area contributed by atoms with Gasteiger partial charge in [0.05, 0.1) is 5.71 Å². The van der Waals surface area contributed by atoms with Gasteiger partial charge in [0.1, 0.15) is 5.60 Å². The number of nitrogens with zero attached hydrogens (tertiary/aromatic N) is 1. The van der Waals surface area contributed by atoms with Crippen molar-refractivity contribution in [3.63, 3.8) is 0 Å². The lowest BCUT2D eigenvalue weighted by molar-refractivity contribution is 0.0881. The van der Waals surface area contributed by atoms with Crippen LogP contribution in [0.2, 0.25) is 0 Å². The maximum atomic E-state index is 11.5. The highest BCUT2D eigenvalue weighted by Gasteiger charge is 2.33. The zero-order chi connectivity index (χ0) is 16.8. The molecule has 0 spiro atoms. The molecule has 24 heavy (non-hydrogen) atoms. The molecule has 0 aromatic heterocycles. The summed E-state index contributed by atoms with van der Waals surface area (Å²) in [7, 11) is 0. The van der Waals surface area contributed by atoms with Gasteiger partial charge in [-0.15, -0.1) is 0 Å². The molecule has 2 N–H and O–H groups in total. The summed E-state index contributed by atoms with van der Waals surface area (Å²) in [6.07, 6.45) is 0.168. The summed E-state index contributed by atoms with van der Waals surface area (Å²) in [6.45, 7) is 0. The normalized spacial score (nSPS) is 12.1. The fourth-order valence-corrected chi connectivity index (χ4v) is 2.87. The van der Waals surface area contributed by atoms with Crippen molar-refractivity contribution in [3.8, 4) is 0 Å². The van der Waals surface area contributed by atoms with E-state index < -0.39 is 5.60 Å². The summed E-state index contributed by atoms with van der Waals surface area (Å²) in [5, 5.41) is 24.5. The molecule has 0 aliphatic rings. The summed E-state index contributed by atoms with van der Waals surface area (Å²) in [5.41, 5.74) is 1.46. The number of hydrogen-bond donors (Lipinski definition) is 2. The Morgan fingerprint density at radius 2 is 1.12 bits per heavy atom. The third kappa shape index (κ3) is 3.21. The third-order valence-electron chi connectivity index (χ3n) is 4.15. The van der Waals surface area contributed by atoms with Crippen LogP contribution in [0.4, 0.5) is 0 Å². The third-order valence-corrected chi connectivity index (χ3v) is 4.15. The molecule has 0 fully saturated rings. The largest absolute Gasteiger partial charge is 0.411 e. The number of benzene rings is 3. The quantitative estimate of drug-likeness (QED) is 0.421. The van der Waals surface area contributed by atoms with Crippen LogP contribution in [-0.2, 0) is 5.60 Å².